The van der Waals surface area contributed by atoms with E-state index >= 15 is 0 Å². The van der Waals surface area contributed by atoms with E-state index in [1.165, 1.54) is 18.2 Å². The topological polar surface area (TPSA) is 177 Å². The van der Waals surface area contributed by atoms with Gasteiger partial charge in [0, 0.05) is 6.54 Å². The quantitative estimate of drug-likeness (QED) is 0.260. The van der Waals surface area contributed by atoms with Crippen molar-refractivity contribution in [1.29, 1.82) is 0 Å². The zero-order valence-electron chi connectivity index (χ0n) is 16.8. The highest BCUT2D eigenvalue weighted by Crippen LogP contribution is 2.31. The van der Waals surface area contributed by atoms with Gasteiger partial charge >= 0.3 is 0 Å². The molecule has 1 fully saturated rings. The third kappa shape index (κ3) is 4.24. The Morgan fingerprint density at radius 2 is 1.97 bits per heavy atom. The first kappa shape index (κ1) is 22.0. The molecule has 3 aromatic rings. The van der Waals surface area contributed by atoms with Gasteiger partial charge in [-0.25, -0.2) is 4.98 Å². The maximum atomic E-state index is 12.8. The van der Waals surface area contributed by atoms with Crippen LogP contribution >= 0.6 is 0 Å². The molecule has 2 aromatic carbocycles. The Labute approximate surface area is 181 Å². The van der Waals surface area contributed by atoms with Crippen molar-refractivity contribution in [3.63, 3.8) is 0 Å². The van der Waals surface area contributed by atoms with Crippen molar-refractivity contribution in [2.45, 2.75) is 37.3 Å². The number of fused-ring (bicyclic) bond motifs is 1. The van der Waals surface area contributed by atoms with Crippen LogP contribution in [-0.4, -0.2) is 78.7 Å². The van der Waals surface area contributed by atoms with Crippen LogP contribution in [0.4, 0.5) is 0 Å². The monoisotopic (exact) mass is 445 g/mol. The number of hydrogen-bond acceptors (Lipinski definition) is 9. The summed E-state index contributed by atoms with van der Waals surface area (Å²) in [6.45, 7) is -0.472. The van der Waals surface area contributed by atoms with Crippen molar-refractivity contribution in [2.75, 3.05) is 6.61 Å². The normalized spacial score (nSPS) is 25.6. The molecule has 11 nitrogen and oxygen atoms in total. The number of imidazole rings is 1. The highest BCUT2D eigenvalue weighted by atomic mass is 16.7. The molecule has 1 aromatic heterocycles. The highest BCUT2D eigenvalue weighted by Gasteiger charge is 2.45. The van der Waals surface area contributed by atoms with E-state index in [2.05, 4.69) is 15.3 Å². The van der Waals surface area contributed by atoms with Crippen LogP contribution in [-0.2, 0) is 11.3 Å². The molecule has 1 saturated heterocycles. The zero-order chi connectivity index (χ0) is 22.8. The second-order valence-electron chi connectivity index (χ2n) is 7.40. The number of phenols is 1. The van der Waals surface area contributed by atoms with Crippen LogP contribution in [0.2, 0.25) is 0 Å². The predicted octanol–water partition coefficient (Wildman–Crippen LogP) is -0.623. The summed E-state index contributed by atoms with van der Waals surface area (Å²) in [4.78, 5) is 19.9. The average Bonchev–Trinajstić information content (AvgIpc) is 3.26. The number of carbonyl (C=O) groups excluding carboxylic acids is 1. The number of aliphatic hydroxyl groups excluding tert-OH is 4. The number of aliphatic hydroxyl groups is 4. The minimum atomic E-state index is -1.66. The van der Waals surface area contributed by atoms with Crippen molar-refractivity contribution in [2.24, 2.45) is 0 Å². The fourth-order valence-electron chi connectivity index (χ4n) is 3.50. The number of amides is 1. The standard InChI is InChI=1S/C21H23N3O8/c25-8-15-17(27)18(28)19(29)21(32-15)31-14-3-1-2-13(26)16(14)20(30)22-7-10-4-5-11-12(6-10)24-9-23-11/h1-6,9,15,17-19,21,25-29H,7-8H2,(H,22,30)(H,23,24)/t15-,17-,18+,19-,21-/m1/s1. The van der Waals surface area contributed by atoms with Crippen molar-refractivity contribution in [3.05, 3.63) is 53.9 Å². The van der Waals surface area contributed by atoms with Gasteiger partial charge in [0.05, 0.1) is 24.0 Å². The van der Waals surface area contributed by atoms with Crippen LogP contribution in [0.1, 0.15) is 15.9 Å². The van der Waals surface area contributed by atoms with Gasteiger partial charge in [-0.15, -0.1) is 0 Å². The van der Waals surface area contributed by atoms with E-state index in [-0.39, 0.29) is 23.6 Å². The molecule has 5 atom stereocenters. The maximum Gasteiger partial charge on any atom is 0.259 e. The smallest absolute Gasteiger partial charge is 0.259 e. The molecule has 0 aliphatic carbocycles. The first-order chi connectivity index (χ1) is 15.4. The summed E-state index contributed by atoms with van der Waals surface area (Å²) in [6.07, 6.45) is -5.95. The molecule has 1 aliphatic heterocycles. The molecular formula is C21H23N3O8. The number of nitrogens with zero attached hydrogens (tertiary/aromatic N) is 1. The van der Waals surface area contributed by atoms with E-state index in [9.17, 15) is 30.3 Å². The summed E-state index contributed by atoms with van der Waals surface area (Å²) < 4.78 is 10.9. The summed E-state index contributed by atoms with van der Waals surface area (Å²) >= 11 is 0. The van der Waals surface area contributed by atoms with Gasteiger partial charge in [-0.3, -0.25) is 4.79 Å². The minimum absolute atomic E-state index is 0.115. The van der Waals surface area contributed by atoms with Gasteiger partial charge in [0.1, 0.15) is 41.5 Å². The molecule has 2 heterocycles. The summed E-state index contributed by atoms with van der Waals surface area (Å²) in [6, 6.07) is 9.55. The Hall–Kier alpha value is -3.22. The van der Waals surface area contributed by atoms with Crippen LogP contribution in [0.5, 0.6) is 11.5 Å². The number of aromatic hydroxyl groups is 1. The third-order valence-corrected chi connectivity index (χ3v) is 5.26. The summed E-state index contributed by atoms with van der Waals surface area (Å²) in [5, 5.41) is 52.3. The van der Waals surface area contributed by atoms with Crippen LogP contribution < -0.4 is 10.1 Å². The number of aromatic amines is 1. The Kier molecular flexibility index (Phi) is 6.26. The SMILES string of the molecule is O=C(NCc1ccc2nc[nH]c2c1)c1c(O)cccc1O[C@@H]1O[C@H](CO)[C@@H](O)[C@H](O)[C@H]1O. The molecule has 11 heteroatoms. The van der Waals surface area contributed by atoms with E-state index in [4.69, 9.17) is 9.47 Å². The van der Waals surface area contributed by atoms with E-state index in [1.54, 1.807) is 18.5 Å². The second kappa shape index (κ2) is 9.10. The van der Waals surface area contributed by atoms with Crippen LogP contribution in [0.25, 0.3) is 11.0 Å². The van der Waals surface area contributed by atoms with E-state index in [1.807, 2.05) is 6.07 Å². The van der Waals surface area contributed by atoms with Gasteiger partial charge in [-0.05, 0) is 29.8 Å². The Balaban J connectivity index is 1.51. The molecule has 4 rings (SSSR count). The van der Waals surface area contributed by atoms with Gasteiger partial charge in [-0.1, -0.05) is 12.1 Å². The fourth-order valence-corrected chi connectivity index (χ4v) is 3.50. The number of H-pyrrole nitrogens is 1. The molecule has 0 radical (unpaired) electrons. The maximum absolute atomic E-state index is 12.8. The molecule has 170 valence electrons. The predicted molar refractivity (Wildman–Crippen MR) is 110 cm³/mol. The van der Waals surface area contributed by atoms with Gasteiger partial charge in [0.25, 0.3) is 5.91 Å². The Morgan fingerprint density at radius 1 is 1.16 bits per heavy atom. The van der Waals surface area contributed by atoms with Gasteiger partial charge in [-0.2, -0.15) is 0 Å². The van der Waals surface area contributed by atoms with Gasteiger partial charge < -0.3 is 45.3 Å². The first-order valence-electron chi connectivity index (χ1n) is 9.88. The Bertz CT molecular complexity index is 1100. The lowest BCUT2D eigenvalue weighted by atomic mass is 9.99. The summed E-state index contributed by atoms with van der Waals surface area (Å²) in [7, 11) is 0. The van der Waals surface area contributed by atoms with Crippen molar-refractivity contribution in [1.82, 2.24) is 15.3 Å². The van der Waals surface area contributed by atoms with Gasteiger partial charge in [0.2, 0.25) is 6.29 Å². The summed E-state index contributed by atoms with van der Waals surface area (Å²) in [5.74, 6) is -1.13. The lowest BCUT2D eigenvalue weighted by molar-refractivity contribution is -0.277. The zero-order valence-corrected chi connectivity index (χ0v) is 16.8. The highest BCUT2D eigenvalue weighted by molar-refractivity contribution is 5.99. The van der Waals surface area contributed by atoms with Crippen LogP contribution in [0.3, 0.4) is 0 Å². The first-order valence-corrected chi connectivity index (χ1v) is 9.88. The molecule has 0 saturated carbocycles. The second-order valence-corrected chi connectivity index (χ2v) is 7.40. The number of aromatic nitrogens is 2. The number of benzene rings is 2. The van der Waals surface area contributed by atoms with Gasteiger partial charge in [0.15, 0.2) is 0 Å². The fraction of sp³-hybridized carbons (Fsp3) is 0.333. The number of hydrogen-bond donors (Lipinski definition) is 7. The molecule has 32 heavy (non-hydrogen) atoms. The average molecular weight is 445 g/mol. The lowest BCUT2D eigenvalue weighted by Gasteiger charge is -2.39. The number of nitrogens with one attached hydrogen (secondary N) is 2. The number of phenolic OH excluding ortho intramolecular Hbond substituents is 1. The lowest BCUT2D eigenvalue weighted by Crippen LogP contribution is -2.60. The number of carbonyl (C=O) groups is 1. The van der Waals surface area contributed by atoms with Crippen LogP contribution in [0.15, 0.2) is 42.7 Å². The number of rotatable bonds is 6. The largest absolute Gasteiger partial charge is 0.507 e. The Morgan fingerprint density at radius 3 is 2.75 bits per heavy atom. The van der Waals surface area contributed by atoms with Crippen molar-refractivity contribution in [3.8, 4) is 11.5 Å². The molecule has 1 aliphatic rings. The molecule has 0 spiro atoms. The van der Waals surface area contributed by atoms with Crippen molar-refractivity contribution < 1.29 is 39.8 Å². The molecular weight excluding hydrogens is 422 g/mol. The molecule has 0 bridgehead atoms. The minimum Gasteiger partial charge on any atom is -0.507 e. The number of ether oxygens (including phenoxy) is 2. The molecule has 7 N–H and O–H groups in total. The van der Waals surface area contributed by atoms with E-state index < -0.39 is 43.2 Å². The molecule has 0 unspecified atom stereocenters. The summed E-state index contributed by atoms with van der Waals surface area (Å²) in [5.41, 5.74) is 2.19. The van der Waals surface area contributed by atoms with E-state index in [0.29, 0.717) is 0 Å². The van der Waals surface area contributed by atoms with Crippen LogP contribution in [0, 0.1) is 0 Å². The van der Waals surface area contributed by atoms with E-state index in [0.717, 1.165) is 16.6 Å². The third-order valence-electron chi connectivity index (χ3n) is 5.26. The molecule has 1 amide bonds. The van der Waals surface area contributed by atoms with Crippen molar-refractivity contribution >= 4 is 16.9 Å².